The summed E-state index contributed by atoms with van der Waals surface area (Å²) in [7, 11) is -3.96. The number of piperidine rings is 1. The first-order valence-electron chi connectivity index (χ1n) is 6.25. The quantitative estimate of drug-likeness (QED) is 0.662. The molecule has 8 heteroatoms. The molecular weight excluding hydrogens is 284 g/mol. The fourth-order valence-corrected chi connectivity index (χ4v) is 3.83. The van der Waals surface area contributed by atoms with Gasteiger partial charge in [-0.15, -0.1) is 0 Å². The van der Waals surface area contributed by atoms with Crippen LogP contribution in [0.4, 0.5) is 5.69 Å². The van der Waals surface area contributed by atoms with Gasteiger partial charge in [-0.1, -0.05) is 19.1 Å². The molecule has 20 heavy (non-hydrogen) atoms. The molecular formula is C12H16N2O5S. The summed E-state index contributed by atoms with van der Waals surface area (Å²) in [6.45, 7) is 2.07. The lowest BCUT2D eigenvalue weighted by Gasteiger charge is -2.33. The lowest BCUT2D eigenvalue weighted by Crippen LogP contribution is -2.45. The van der Waals surface area contributed by atoms with Crippen molar-refractivity contribution >= 4 is 15.7 Å². The van der Waals surface area contributed by atoms with E-state index in [1.165, 1.54) is 18.2 Å². The molecule has 0 aliphatic carbocycles. The normalized spacial score (nSPS) is 24.5. The molecule has 1 saturated heterocycles. The molecule has 2 rings (SSSR count). The zero-order valence-corrected chi connectivity index (χ0v) is 11.8. The first-order chi connectivity index (χ1) is 9.34. The van der Waals surface area contributed by atoms with E-state index >= 15 is 0 Å². The van der Waals surface area contributed by atoms with Crippen LogP contribution in [0, 0.1) is 16.0 Å². The van der Waals surface area contributed by atoms with Gasteiger partial charge in [-0.25, -0.2) is 8.42 Å². The van der Waals surface area contributed by atoms with E-state index < -0.39 is 26.7 Å². The van der Waals surface area contributed by atoms with Crippen LogP contribution in [0.25, 0.3) is 0 Å². The molecule has 1 aliphatic rings. The molecule has 110 valence electrons. The van der Waals surface area contributed by atoms with Crippen molar-refractivity contribution in [3.05, 3.63) is 34.4 Å². The van der Waals surface area contributed by atoms with Crippen LogP contribution in [0.15, 0.2) is 29.2 Å². The van der Waals surface area contributed by atoms with E-state index in [-0.39, 0.29) is 23.9 Å². The Bertz CT molecular complexity index is 616. The number of hydrogen-bond donors (Lipinski definition) is 1. The van der Waals surface area contributed by atoms with Gasteiger partial charge in [-0.05, 0) is 18.4 Å². The maximum Gasteiger partial charge on any atom is 0.289 e. The monoisotopic (exact) mass is 300 g/mol. The molecule has 1 fully saturated rings. The van der Waals surface area contributed by atoms with Crippen molar-refractivity contribution in [2.45, 2.75) is 24.3 Å². The van der Waals surface area contributed by atoms with E-state index in [1.807, 2.05) is 6.92 Å². The summed E-state index contributed by atoms with van der Waals surface area (Å²) >= 11 is 0. The van der Waals surface area contributed by atoms with Crippen molar-refractivity contribution < 1.29 is 18.4 Å². The van der Waals surface area contributed by atoms with Crippen molar-refractivity contribution in [1.82, 2.24) is 4.31 Å². The molecule has 0 aromatic heterocycles. The number of aliphatic hydroxyl groups is 1. The minimum absolute atomic E-state index is 0.0206. The Morgan fingerprint density at radius 3 is 2.65 bits per heavy atom. The van der Waals surface area contributed by atoms with Crippen molar-refractivity contribution in [2.75, 3.05) is 13.1 Å². The third-order valence-electron chi connectivity index (χ3n) is 3.56. The number of hydrogen-bond acceptors (Lipinski definition) is 5. The van der Waals surface area contributed by atoms with Gasteiger partial charge < -0.3 is 5.11 Å². The number of nitro benzene ring substituents is 1. The first-order valence-corrected chi connectivity index (χ1v) is 7.69. The van der Waals surface area contributed by atoms with E-state index in [0.29, 0.717) is 6.42 Å². The third-order valence-corrected chi connectivity index (χ3v) is 5.47. The maximum atomic E-state index is 12.5. The van der Waals surface area contributed by atoms with Crippen molar-refractivity contribution in [3.63, 3.8) is 0 Å². The molecule has 1 aliphatic heterocycles. The van der Waals surface area contributed by atoms with Crippen LogP contribution in [-0.4, -0.2) is 41.9 Å². The molecule has 0 spiro atoms. The number of nitrogens with zero attached hydrogens (tertiary/aromatic N) is 2. The lowest BCUT2D eigenvalue weighted by atomic mass is 9.98. The average Bonchev–Trinajstić information content (AvgIpc) is 2.41. The summed E-state index contributed by atoms with van der Waals surface area (Å²) in [5.41, 5.74) is -0.444. The molecule has 1 heterocycles. The predicted molar refractivity (Wildman–Crippen MR) is 71.6 cm³/mol. The Morgan fingerprint density at radius 2 is 2.05 bits per heavy atom. The Balaban J connectivity index is 2.39. The van der Waals surface area contributed by atoms with E-state index in [4.69, 9.17) is 0 Å². The average molecular weight is 300 g/mol. The minimum atomic E-state index is -3.96. The zero-order chi connectivity index (χ0) is 14.9. The third kappa shape index (κ3) is 2.67. The molecule has 2 atom stereocenters. The Labute approximate surface area is 117 Å². The van der Waals surface area contributed by atoms with E-state index in [9.17, 15) is 23.6 Å². The van der Waals surface area contributed by atoms with Gasteiger partial charge in [0.2, 0.25) is 10.0 Å². The smallest absolute Gasteiger partial charge is 0.289 e. The Hall–Kier alpha value is -1.51. The van der Waals surface area contributed by atoms with Gasteiger partial charge in [0.25, 0.3) is 5.69 Å². The van der Waals surface area contributed by atoms with Gasteiger partial charge in [0.1, 0.15) is 0 Å². The maximum absolute atomic E-state index is 12.5. The number of benzene rings is 1. The van der Waals surface area contributed by atoms with Crippen molar-refractivity contribution in [1.29, 1.82) is 0 Å². The molecule has 1 aromatic carbocycles. The number of sulfonamides is 1. The van der Waals surface area contributed by atoms with Gasteiger partial charge in [0, 0.05) is 19.2 Å². The molecule has 7 nitrogen and oxygen atoms in total. The number of para-hydroxylation sites is 1. The summed E-state index contributed by atoms with van der Waals surface area (Å²) in [4.78, 5) is 9.90. The molecule has 0 radical (unpaired) electrons. The van der Waals surface area contributed by atoms with Crippen LogP contribution in [0.3, 0.4) is 0 Å². The molecule has 1 aromatic rings. The molecule has 0 bridgehead atoms. The Morgan fingerprint density at radius 1 is 1.40 bits per heavy atom. The second-order valence-corrected chi connectivity index (χ2v) is 6.83. The van der Waals surface area contributed by atoms with Gasteiger partial charge in [-0.3, -0.25) is 10.1 Å². The van der Waals surface area contributed by atoms with Crippen LogP contribution >= 0.6 is 0 Å². The summed E-state index contributed by atoms with van der Waals surface area (Å²) in [6, 6.07) is 5.25. The molecule has 1 N–H and O–H groups in total. The predicted octanol–water partition coefficient (Wildman–Crippen LogP) is 0.986. The fourth-order valence-electron chi connectivity index (χ4n) is 2.20. The van der Waals surface area contributed by atoms with E-state index in [0.717, 1.165) is 10.4 Å². The molecule has 2 unspecified atom stereocenters. The van der Waals surface area contributed by atoms with Crippen LogP contribution < -0.4 is 0 Å². The molecule has 0 amide bonds. The summed E-state index contributed by atoms with van der Waals surface area (Å²) in [5, 5.41) is 20.7. The van der Waals surface area contributed by atoms with E-state index in [1.54, 1.807) is 0 Å². The Kier molecular flexibility index (Phi) is 4.07. The van der Waals surface area contributed by atoms with Crippen LogP contribution in [-0.2, 0) is 10.0 Å². The summed E-state index contributed by atoms with van der Waals surface area (Å²) < 4.78 is 26.1. The summed E-state index contributed by atoms with van der Waals surface area (Å²) in [5.74, 6) is 0.0206. The largest absolute Gasteiger partial charge is 0.391 e. The van der Waals surface area contributed by atoms with Crippen LogP contribution in [0.2, 0.25) is 0 Å². The summed E-state index contributed by atoms with van der Waals surface area (Å²) in [6.07, 6.45) is -0.220. The van der Waals surface area contributed by atoms with Gasteiger partial charge in [0.15, 0.2) is 4.90 Å². The van der Waals surface area contributed by atoms with Crippen LogP contribution in [0.1, 0.15) is 13.3 Å². The highest BCUT2D eigenvalue weighted by atomic mass is 32.2. The van der Waals surface area contributed by atoms with Crippen LogP contribution in [0.5, 0.6) is 0 Å². The zero-order valence-electron chi connectivity index (χ0n) is 11.0. The first kappa shape index (κ1) is 14.9. The highest BCUT2D eigenvalue weighted by Gasteiger charge is 2.36. The van der Waals surface area contributed by atoms with Gasteiger partial charge in [-0.2, -0.15) is 4.31 Å². The topological polar surface area (TPSA) is 101 Å². The number of nitro groups is 1. The second kappa shape index (κ2) is 5.47. The highest BCUT2D eigenvalue weighted by molar-refractivity contribution is 7.89. The second-order valence-electron chi connectivity index (χ2n) is 4.92. The van der Waals surface area contributed by atoms with Crippen molar-refractivity contribution in [3.8, 4) is 0 Å². The minimum Gasteiger partial charge on any atom is -0.391 e. The fraction of sp³-hybridized carbons (Fsp3) is 0.500. The SMILES string of the molecule is CC1CCN(S(=O)(=O)c2ccccc2[N+](=O)[O-])CC1O. The van der Waals surface area contributed by atoms with Gasteiger partial charge >= 0.3 is 0 Å². The highest BCUT2D eigenvalue weighted by Crippen LogP contribution is 2.29. The van der Waals surface area contributed by atoms with Gasteiger partial charge in [0.05, 0.1) is 11.0 Å². The van der Waals surface area contributed by atoms with Crippen molar-refractivity contribution in [2.24, 2.45) is 5.92 Å². The number of aliphatic hydroxyl groups excluding tert-OH is 1. The standard InChI is InChI=1S/C12H16N2O5S/c1-9-6-7-13(8-11(9)15)20(18,19)12-5-3-2-4-10(12)14(16)17/h2-5,9,11,15H,6-8H2,1H3. The lowest BCUT2D eigenvalue weighted by molar-refractivity contribution is -0.387. The molecule has 0 saturated carbocycles. The van der Waals surface area contributed by atoms with E-state index in [2.05, 4.69) is 0 Å². The number of rotatable bonds is 3. The number of β-amino-alcohol motifs (C(OH)–C–C–N with tert-alkyl or cyclic N) is 1.